The van der Waals surface area contributed by atoms with Crippen molar-refractivity contribution in [2.75, 3.05) is 23.9 Å². The molecule has 1 fully saturated rings. The molecule has 1 amide bonds. The van der Waals surface area contributed by atoms with Crippen LogP contribution >= 0.6 is 0 Å². The second kappa shape index (κ2) is 11.7. The largest absolute Gasteiger partial charge is 0.350 e. The van der Waals surface area contributed by atoms with Crippen molar-refractivity contribution in [3.63, 3.8) is 0 Å². The molecule has 3 aromatic rings. The number of hydrogen-bond donors (Lipinski definition) is 1. The number of amides is 1. The number of sulfonamides is 1. The first-order valence-corrected chi connectivity index (χ1v) is 13.7. The number of nitrogens with one attached hydrogen (secondary N) is 1. The summed E-state index contributed by atoms with van der Waals surface area (Å²) in [6.45, 7) is 4.80. The molecule has 4 rings (SSSR count). The van der Waals surface area contributed by atoms with Gasteiger partial charge in [0.15, 0.2) is 0 Å². The van der Waals surface area contributed by atoms with Crippen LogP contribution in [0, 0.1) is 12.7 Å². The minimum atomic E-state index is -4.09. The first-order chi connectivity index (χ1) is 17.3. The van der Waals surface area contributed by atoms with Crippen molar-refractivity contribution < 1.29 is 17.6 Å². The topological polar surface area (TPSA) is 69.7 Å². The SMILES string of the molecule is Cc1ccc(N(CC(=O)NCc2ccccc2CN2CCCCC2)S(=O)(=O)c2ccc(F)cc2)cc1. The number of likely N-dealkylation sites (tertiary alicyclic amines) is 1. The lowest BCUT2D eigenvalue weighted by Crippen LogP contribution is -2.40. The van der Waals surface area contributed by atoms with E-state index in [0.717, 1.165) is 52.8 Å². The van der Waals surface area contributed by atoms with Crippen LogP contribution < -0.4 is 9.62 Å². The van der Waals surface area contributed by atoms with Crippen LogP contribution in [0.5, 0.6) is 0 Å². The monoisotopic (exact) mass is 509 g/mol. The van der Waals surface area contributed by atoms with Gasteiger partial charge in [0, 0.05) is 13.1 Å². The van der Waals surface area contributed by atoms with Crippen LogP contribution in [0.1, 0.15) is 36.0 Å². The summed E-state index contributed by atoms with van der Waals surface area (Å²) >= 11 is 0. The van der Waals surface area contributed by atoms with Gasteiger partial charge in [-0.1, -0.05) is 48.4 Å². The quantitative estimate of drug-likeness (QED) is 0.457. The highest BCUT2D eigenvalue weighted by Gasteiger charge is 2.27. The number of benzene rings is 3. The summed E-state index contributed by atoms with van der Waals surface area (Å²) in [7, 11) is -4.09. The van der Waals surface area contributed by atoms with Crippen molar-refractivity contribution in [3.8, 4) is 0 Å². The molecule has 1 aliphatic rings. The van der Waals surface area contributed by atoms with Crippen molar-refractivity contribution >= 4 is 21.6 Å². The van der Waals surface area contributed by atoms with Crippen molar-refractivity contribution in [3.05, 3.63) is 95.3 Å². The van der Waals surface area contributed by atoms with Crippen molar-refractivity contribution in [2.45, 2.75) is 44.2 Å². The average molecular weight is 510 g/mol. The Kier molecular flexibility index (Phi) is 8.38. The predicted molar refractivity (Wildman–Crippen MR) is 140 cm³/mol. The zero-order valence-electron chi connectivity index (χ0n) is 20.5. The van der Waals surface area contributed by atoms with Crippen LogP contribution in [0.2, 0.25) is 0 Å². The molecule has 1 saturated heterocycles. The van der Waals surface area contributed by atoms with Gasteiger partial charge in [-0.15, -0.1) is 0 Å². The number of carbonyl (C=O) groups is 1. The zero-order valence-corrected chi connectivity index (χ0v) is 21.3. The lowest BCUT2D eigenvalue weighted by molar-refractivity contribution is -0.119. The third-order valence-electron chi connectivity index (χ3n) is 6.45. The molecule has 1 N–H and O–H groups in total. The van der Waals surface area contributed by atoms with Crippen molar-refractivity contribution in [1.29, 1.82) is 0 Å². The Hall–Kier alpha value is -3.23. The lowest BCUT2D eigenvalue weighted by Gasteiger charge is -2.27. The van der Waals surface area contributed by atoms with Gasteiger partial charge in [-0.2, -0.15) is 0 Å². The fourth-order valence-corrected chi connectivity index (χ4v) is 5.80. The van der Waals surface area contributed by atoms with Gasteiger partial charge in [0.2, 0.25) is 5.91 Å². The fourth-order valence-electron chi connectivity index (χ4n) is 4.38. The summed E-state index contributed by atoms with van der Waals surface area (Å²) in [6, 6.07) is 19.5. The summed E-state index contributed by atoms with van der Waals surface area (Å²) < 4.78 is 41.3. The number of carbonyl (C=O) groups excluding carboxylic acids is 1. The smallest absolute Gasteiger partial charge is 0.264 e. The Balaban J connectivity index is 1.50. The minimum absolute atomic E-state index is 0.0795. The summed E-state index contributed by atoms with van der Waals surface area (Å²) in [6.07, 6.45) is 3.68. The second-order valence-electron chi connectivity index (χ2n) is 9.18. The first kappa shape index (κ1) is 25.9. The molecule has 8 heteroatoms. The van der Waals surface area contributed by atoms with Gasteiger partial charge in [-0.25, -0.2) is 12.8 Å². The molecule has 0 atom stereocenters. The summed E-state index contributed by atoms with van der Waals surface area (Å²) in [5.41, 5.74) is 3.51. The Morgan fingerprint density at radius 1 is 0.917 bits per heavy atom. The Morgan fingerprint density at radius 2 is 1.56 bits per heavy atom. The standard InChI is InChI=1S/C28H32FN3O3S/c1-22-9-13-26(14-10-22)32(36(34,35)27-15-11-25(29)12-16-27)21-28(33)30-19-23-7-3-4-8-24(23)20-31-17-5-2-6-18-31/h3-4,7-16H,2,5-6,17-21H2,1H3,(H,30,33). The molecule has 36 heavy (non-hydrogen) atoms. The van der Waals surface area contributed by atoms with Crippen molar-refractivity contribution in [2.24, 2.45) is 0 Å². The molecule has 6 nitrogen and oxygen atoms in total. The molecule has 0 spiro atoms. The number of anilines is 1. The number of aryl methyl sites for hydroxylation is 1. The molecule has 0 aromatic heterocycles. The lowest BCUT2D eigenvalue weighted by atomic mass is 10.0. The first-order valence-electron chi connectivity index (χ1n) is 12.2. The molecule has 0 unspecified atom stereocenters. The third-order valence-corrected chi connectivity index (χ3v) is 8.24. The van der Waals surface area contributed by atoms with Crippen LogP contribution in [0.3, 0.4) is 0 Å². The minimum Gasteiger partial charge on any atom is -0.350 e. The molecule has 1 aliphatic heterocycles. The van der Waals surface area contributed by atoms with E-state index >= 15 is 0 Å². The van der Waals surface area contributed by atoms with Crippen LogP contribution in [0.25, 0.3) is 0 Å². The van der Waals surface area contributed by atoms with Crippen LogP contribution in [-0.4, -0.2) is 38.9 Å². The molecule has 190 valence electrons. The van der Waals surface area contributed by atoms with Gasteiger partial charge in [0.25, 0.3) is 10.0 Å². The molecule has 0 aliphatic carbocycles. The van der Waals surface area contributed by atoms with E-state index in [2.05, 4.69) is 16.3 Å². The number of nitrogens with zero attached hydrogens (tertiary/aromatic N) is 2. The maximum atomic E-state index is 13.4. The molecular formula is C28H32FN3O3S. The average Bonchev–Trinajstić information content (AvgIpc) is 2.88. The molecule has 0 bridgehead atoms. The summed E-state index contributed by atoms with van der Waals surface area (Å²) in [5, 5.41) is 2.90. The van der Waals surface area contributed by atoms with Crippen LogP contribution in [0.15, 0.2) is 77.7 Å². The Labute approximate surface area is 212 Å². The number of rotatable bonds is 9. The van der Waals surface area contributed by atoms with Crippen LogP contribution in [0.4, 0.5) is 10.1 Å². The van der Waals surface area contributed by atoms with E-state index in [4.69, 9.17) is 0 Å². The maximum Gasteiger partial charge on any atom is 0.264 e. The molecule has 0 saturated carbocycles. The van der Waals surface area contributed by atoms with E-state index in [0.29, 0.717) is 12.2 Å². The maximum absolute atomic E-state index is 13.4. The summed E-state index contributed by atoms with van der Waals surface area (Å²) in [4.78, 5) is 15.4. The highest BCUT2D eigenvalue weighted by Crippen LogP contribution is 2.24. The second-order valence-corrected chi connectivity index (χ2v) is 11.0. The van der Waals surface area contributed by atoms with E-state index in [1.54, 1.807) is 24.3 Å². The highest BCUT2D eigenvalue weighted by atomic mass is 32.2. The van der Waals surface area contributed by atoms with Crippen molar-refractivity contribution in [1.82, 2.24) is 10.2 Å². The molecule has 1 heterocycles. The van der Waals surface area contributed by atoms with Gasteiger partial charge in [0.1, 0.15) is 12.4 Å². The fraction of sp³-hybridized carbons (Fsp3) is 0.321. The number of piperidine rings is 1. The van der Waals surface area contributed by atoms with E-state index in [-0.39, 0.29) is 4.90 Å². The number of hydrogen-bond acceptors (Lipinski definition) is 4. The van der Waals surface area contributed by atoms with Crippen LogP contribution in [-0.2, 0) is 27.9 Å². The predicted octanol–water partition coefficient (Wildman–Crippen LogP) is 4.63. The molecule has 3 aromatic carbocycles. The highest BCUT2D eigenvalue weighted by molar-refractivity contribution is 7.92. The Bertz CT molecular complexity index is 1270. The van der Waals surface area contributed by atoms with Gasteiger partial charge in [-0.05, 0) is 80.4 Å². The van der Waals surface area contributed by atoms with Gasteiger partial charge < -0.3 is 5.32 Å². The summed E-state index contributed by atoms with van der Waals surface area (Å²) in [5.74, 6) is -0.953. The van der Waals surface area contributed by atoms with E-state index in [1.807, 2.05) is 25.1 Å². The number of halogens is 1. The molecular weight excluding hydrogens is 477 g/mol. The molecule has 0 radical (unpaired) electrons. The van der Waals surface area contributed by atoms with E-state index in [1.165, 1.54) is 31.4 Å². The van der Waals surface area contributed by atoms with E-state index in [9.17, 15) is 17.6 Å². The van der Waals surface area contributed by atoms with E-state index < -0.39 is 28.3 Å². The van der Waals surface area contributed by atoms with Gasteiger partial charge in [0.05, 0.1) is 10.6 Å². The zero-order chi connectivity index (χ0) is 25.5. The Morgan fingerprint density at radius 3 is 2.22 bits per heavy atom. The third kappa shape index (κ3) is 6.50. The van der Waals surface area contributed by atoms with Gasteiger partial charge >= 0.3 is 0 Å². The normalized spacial score (nSPS) is 14.4. The van der Waals surface area contributed by atoms with Gasteiger partial charge in [-0.3, -0.25) is 14.0 Å².